The van der Waals surface area contributed by atoms with Gasteiger partial charge in [0, 0.05) is 17.6 Å². The fourth-order valence-corrected chi connectivity index (χ4v) is 2.00. The summed E-state index contributed by atoms with van der Waals surface area (Å²) in [7, 11) is 0. The second kappa shape index (κ2) is 7.80. The summed E-state index contributed by atoms with van der Waals surface area (Å²) in [4.78, 5) is 4.31. The zero-order valence-corrected chi connectivity index (χ0v) is 13.3. The number of anilines is 2. The summed E-state index contributed by atoms with van der Waals surface area (Å²) in [6.07, 6.45) is 9.08. The highest BCUT2D eigenvalue weighted by molar-refractivity contribution is 5.63. The Morgan fingerprint density at radius 1 is 1.26 bits per heavy atom. The van der Waals surface area contributed by atoms with Gasteiger partial charge in [-0.1, -0.05) is 37.4 Å². The second-order valence-electron chi connectivity index (χ2n) is 5.23. The van der Waals surface area contributed by atoms with Gasteiger partial charge in [0.25, 0.3) is 0 Å². The van der Waals surface area contributed by atoms with Gasteiger partial charge in [-0.25, -0.2) is 4.98 Å². The van der Waals surface area contributed by atoms with Gasteiger partial charge in [0.1, 0.15) is 5.82 Å². The molecule has 116 valence electrons. The van der Waals surface area contributed by atoms with Gasteiger partial charge in [0.15, 0.2) is 0 Å². The maximum atomic E-state index is 5.70. The number of nitrogens with two attached hydrogens (primary N) is 1. The van der Waals surface area contributed by atoms with Crippen LogP contribution in [0.25, 0.3) is 6.08 Å². The first-order chi connectivity index (χ1) is 11.1. The van der Waals surface area contributed by atoms with Crippen LogP contribution in [-0.2, 0) is 0 Å². The predicted molar refractivity (Wildman–Crippen MR) is 99.3 cm³/mol. The third-order valence-electron chi connectivity index (χ3n) is 3.15. The summed E-state index contributed by atoms with van der Waals surface area (Å²) in [5.41, 5.74) is 10.3. The monoisotopic (exact) mass is 303 g/mol. The molecule has 3 N–H and O–H groups in total. The highest BCUT2D eigenvalue weighted by Crippen LogP contribution is 2.18. The normalized spacial score (nSPS) is 11.4. The molecule has 1 aromatic carbocycles. The van der Waals surface area contributed by atoms with E-state index in [4.69, 9.17) is 5.73 Å². The van der Waals surface area contributed by atoms with E-state index in [0.717, 1.165) is 22.6 Å². The van der Waals surface area contributed by atoms with Crippen LogP contribution in [0.4, 0.5) is 11.5 Å². The molecule has 0 aliphatic carbocycles. The zero-order chi connectivity index (χ0) is 16.7. The number of aromatic nitrogens is 1. The molecule has 0 aliphatic heterocycles. The SMILES string of the molecule is C=CC(N)=CC(=C)C=Cc1cccc(Nc2cc(C)ccn2)c1. The number of pyridine rings is 1. The van der Waals surface area contributed by atoms with Gasteiger partial charge in [0.2, 0.25) is 0 Å². The van der Waals surface area contributed by atoms with Gasteiger partial charge in [-0.15, -0.1) is 0 Å². The van der Waals surface area contributed by atoms with Crippen LogP contribution < -0.4 is 11.1 Å². The van der Waals surface area contributed by atoms with Gasteiger partial charge in [-0.05, 0) is 60.0 Å². The zero-order valence-electron chi connectivity index (χ0n) is 13.3. The van der Waals surface area contributed by atoms with Gasteiger partial charge in [0.05, 0.1) is 0 Å². The van der Waals surface area contributed by atoms with Gasteiger partial charge in [-0.3, -0.25) is 0 Å². The summed E-state index contributed by atoms with van der Waals surface area (Å²) in [5, 5.41) is 3.30. The molecular formula is C20H21N3. The first-order valence-corrected chi connectivity index (χ1v) is 7.33. The molecule has 0 atom stereocenters. The van der Waals surface area contributed by atoms with E-state index in [1.165, 1.54) is 5.56 Å². The van der Waals surface area contributed by atoms with Gasteiger partial charge in [-0.2, -0.15) is 0 Å². The molecule has 0 bridgehead atoms. The Balaban J connectivity index is 2.11. The molecule has 23 heavy (non-hydrogen) atoms. The topological polar surface area (TPSA) is 50.9 Å². The van der Waals surface area contributed by atoms with Crippen molar-refractivity contribution < 1.29 is 0 Å². The van der Waals surface area contributed by atoms with E-state index in [1.54, 1.807) is 18.3 Å². The second-order valence-corrected chi connectivity index (χ2v) is 5.23. The molecule has 0 unspecified atom stereocenters. The smallest absolute Gasteiger partial charge is 0.130 e. The van der Waals surface area contributed by atoms with Crippen molar-refractivity contribution in [2.45, 2.75) is 6.92 Å². The summed E-state index contributed by atoms with van der Waals surface area (Å²) in [5.74, 6) is 0.831. The van der Waals surface area contributed by atoms with Crippen molar-refractivity contribution in [1.82, 2.24) is 4.98 Å². The van der Waals surface area contributed by atoms with Crippen LogP contribution in [-0.4, -0.2) is 4.98 Å². The predicted octanol–water partition coefficient (Wildman–Crippen LogP) is 4.73. The molecule has 3 nitrogen and oxygen atoms in total. The molecule has 0 fully saturated rings. The van der Waals surface area contributed by atoms with E-state index >= 15 is 0 Å². The van der Waals surface area contributed by atoms with Crippen molar-refractivity contribution in [3.05, 3.63) is 96.4 Å². The first-order valence-electron chi connectivity index (χ1n) is 7.33. The average molecular weight is 303 g/mol. The Hall–Kier alpha value is -3.07. The number of rotatable bonds is 6. The minimum absolute atomic E-state index is 0.598. The van der Waals surface area contributed by atoms with Crippen molar-refractivity contribution in [3.8, 4) is 0 Å². The standard InChI is InChI=1S/C20H21N3/c1-4-18(21)12-15(2)8-9-17-6-5-7-19(14-17)23-20-13-16(3)10-11-22-20/h4-14H,1-2,21H2,3H3,(H,22,23). The lowest BCUT2D eigenvalue weighted by Gasteiger charge is -2.07. The molecule has 0 aliphatic rings. The highest BCUT2D eigenvalue weighted by Gasteiger charge is 1.97. The van der Waals surface area contributed by atoms with E-state index in [-0.39, 0.29) is 0 Å². The average Bonchev–Trinajstić information content (AvgIpc) is 2.53. The molecule has 0 radical (unpaired) electrons. The van der Waals surface area contributed by atoms with Gasteiger partial charge >= 0.3 is 0 Å². The Labute approximate surface area is 137 Å². The minimum Gasteiger partial charge on any atom is -0.399 e. The Morgan fingerprint density at radius 3 is 2.83 bits per heavy atom. The van der Waals surface area contributed by atoms with Crippen LogP contribution in [0.1, 0.15) is 11.1 Å². The van der Waals surface area contributed by atoms with E-state index in [0.29, 0.717) is 5.70 Å². The lowest BCUT2D eigenvalue weighted by atomic mass is 10.1. The number of nitrogens with one attached hydrogen (secondary N) is 1. The fourth-order valence-electron chi connectivity index (χ4n) is 2.00. The van der Waals surface area contributed by atoms with Crippen LogP contribution in [0.3, 0.4) is 0 Å². The molecule has 1 aromatic heterocycles. The number of allylic oxidation sites excluding steroid dienone is 4. The Kier molecular flexibility index (Phi) is 5.53. The lowest BCUT2D eigenvalue weighted by Crippen LogP contribution is -1.93. The maximum absolute atomic E-state index is 5.70. The molecule has 0 saturated carbocycles. The molecule has 0 amide bonds. The van der Waals surface area contributed by atoms with Crippen LogP contribution in [0.2, 0.25) is 0 Å². The van der Waals surface area contributed by atoms with Crippen LogP contribution in [0.5, 0.6) is 0 Å². The van der Waals surface area contributed by atoms with Crippen molar-refractivity contribution in [2.24, 2.45) is 5.73 Å². The van der Waals surface area contributed by atoms with Crippen molar-refractivity contribution in [1.29, 1.82) is 0 Å². The maximum Gasteiger partial charge on any atom is 0.130 e. The first kappa shape index (κ1) is 16.3. The Morgan fingerprint density at radius 2 is 2.09 bits per heavy atom. The van der Waals surface area contributed by atoms with E-state index in [9.17, 15) is 0 Å². The summed E-state index contributed by atoms with van der Waals surface area (Å²) < 4.78 is 0. The summed E-state index contributed by atoms with van der Waals surface area (Å²) in [6, 6.07) is 12.1. The number of aryl methyl sites for hydroxylation is 1. The van der Waals surface area contributed by atoms with E-state index < -0.39 is 0 Å². The van der Waals surface area contributed by atoms with Crippen LogP contribution >= 0.6 is 0 Å². The fraction of sp³-hybridized carbons (Fsp3) is 0.0500. The number of nitrogens with zero attached hydrogens (tertiary/aromatic N) is 1. The van der Waals surface area contributed by atoms with Crippen molar-refractivity contribution in [2.75, 3.05) is 5.32 Å². The van der Waals surface area contributed by atoms with Crippen LogP contribution in [0, 0.1) is 6.92 Å². The molecule has 3 heteroatoms. The number of hydrogen-bond donors (Lipinski definition) is 2. The largest absolute Gasteiger partial charge is 0.399 e. The molecule has 1 heterocycles. The van der Waals surface area contributed by atoms with Crippen LogP contribution in [0.15, 0.2) is 85.3 Å². The summed E-state index contributed by atoms with van der Waals surface area (Å²) >= 11 is 0. The molecule has 2 rings (SSSR count). The number of hydrogen-bond acceptors (Lipinski definition) is 3. The van der Waals surface area contributed by atoms with E-state index in [1.807, 2.05) is 55.5 Å². The molecule has 0 saturated heterocycles. The molecule has 2 aromatic rings. The highest BCUT2D eigenvalue weighted by atomic mass is 15.0. The van der Waals surface area contributed by atoms with Crippen molar-refractivity contribution in [3.63, 3.8) is 0 Å². The third kappa shape index (κ3) is 5.32. The Bertz CT molecular complexity index is 770. The minimum atomic E-state index is 0.598. The quantitative estimate of drug-likeness (QED) is 0.758. The lowest BCUT2D eigenvalue weighted by molar-refractivity contribution is 1.27. The van der Waals surface area contributed by atoms with E-state index in [2.05, 4.69) is 23.5 Å². The molecule has 0 spiro atoms. The van der Waals surface area contributed by atoms with Crippen molar-refractivity contribution >= 4 is 17.6 Å². The summed E-state index contributed by atoms with van der Waals surface area (Å²) in [6.45, 7) is 9.60. The number of benzene rings is 1. The molecular weight excluding hydrogens is 282 g/mol. The van der Waals surface area contributed by atoms with Gasteiger partial charge < -0.3 is 11.1 Å². The third-order valence-corrected chi connectivity index (χ3v) is 3.15.